The quantitative estimate of drug-likeness (QED) is 0.833. The fraction of sp³-hybridized carbons (Fsp3) is 0.438. The van der Waals surface area contributed by atoms with E-state index in [1.54, 1.807) is 11.3 Å². The third-order valence-electron chi connectivity index (χ3n) is 3.67. The lowest BCUT2D eigenvalue weighted by Crippen LogP contribution is -2.23. The second-order valence-corrected chi connectivity index (χ2v) is 6.21. The molecule has 102 valence electrons. The molecule has 0 fully saturated rings. The van der Waals surface area contributed by atoms with Crippen molar-refractivity contribution in [1.29, 1.82) is 0 Å². The van der Waals surface area contributed by atoms with Gasteiger partial charge in [-0.1, -0.05) is 32.4 Å². The van der Waals surface area contributed by atoms with Crippen LogP contribution >= 0.6 is 11.3 Å². The summed E-state index contributed by atoms with van der Waals surface area (Å²) in [6.07, 6.45) is 1.19. The monoisotopic (exact) mass is 274 g/mol. The highest BCUT2D eigenvalue weighted by molar-refractivity contribution is 7.09. The number of hydrogen-bond donors (Lipinski definition) is 1. The average molecular weight is 274 g/mol. The van der Waals surface area contributed by atoms with Crippen LogP contribution in [0.4, 0.5) is 5.69 Å². The SMILES string of the molecule is CCC(C)C(C)Nc1cccc(-c2csc(C)n2)c1. The van der Waals surface area contributed by atoms with Crippen LogP contribution in [0.3, 0.4) is 0 Å². The largest absolute Gasteiger partial charge is 0.382 e. The molecule has 1 heterocycles. The lowest BCUT2D eigenvalue weighted by Gasteiger charge is -2.21. The molecule has 3 heteroatoms. The molecule has 0 spiro atoms. The normalized spacial score (nSPS) is 14.1. The zero-order valence-corrected chi connectivity index (χ0v) is 12.9. The van der Waals surface area contributed by atoms with Gasteiger partial charge < -0.3 is 5.32 Å². The maximum absolute atomic E-state index is 4.54. The maximum atomic E-state index is 4.54. The van der Waals surface area contributed by atoms with E-state index < -0.39 is 0 Å². The zero-order chi connectivity index (χ0) is 13.8. The predicted octanol–water partition coefficient (Wildman–Crippen LogP) is 4.97. The Morgan fingerprint density at radius 2 is 2.11 bits per heavy atom. The van der Waals surface area contributed by atoms with Crippen LogP contribution in [0.1, 0.15) is 32.2 Å². The summed E-state index contributed by atoms with van der Waals surface area (Å²) in [5, 5.41) is 6.82. The van der Waals surface area contributed by atoms with Crippen LogP contribution in [-0.4, -0.2) is 11.0 Å². The molecule has 0 bridgehead atoms. The molecule has 2 nitrogen and oxygen atoms in total. The van der Waals surface area contributed by atoms with Crippen molar-refractivity contribution in [3.05, 3.63) is 34.7 Å². The third-order valence-corrected chi connectivity index (χ3v) is 4.44. The van der Waals surface area contributed by atoms with Gasteiger partial charge in [-0.3, -0.25) is 0 Å². The molecule has 1 N–H and O–H groups in total. The van der Waals surface area contributed by atoms with Crippen LogP contribution in [0.2, 0.25) is 0 Å². The Morgan fingerprint density at radius 1 is 1.32 bits per heavy atom. The molecule has 0 amide bonds. The predicted molar refractivity (Wildman–Crippen MR) is 84.8 cm³/mol. The van der Waals surface area contributed by atoms with E-state index in [9.17, 15) is 0 Å². The van der Waals surface area contributed by atoms with Crippen LogP contribution in [0.5, 0.6) is 0 Å². The Kier molecular flexibility index (Phi) is 4.59. The van der Waals surface area contributed by atoms with E-state index in [0.717, 1.165) is 10.7 Å². The molecule has 0 saturated carbocycles. The van der Waals surface area contributed by atoms with Gasteiger partial charge >= 0.3 is 0 Å². The van der Waals surface area contributed by atoms with Crippen molar-refractivity contribution in [3.63, 3.8) is 0 Å². The van der Waals surface area contributed by atoms with Gasteiger partial charge in [0.05, 0.1) is 10.7 Å². The van der Waals surface area contributed by atoms with Gasteiger partial charge in [0.2, 0.25) is 0 Å². The van der Waals surface area contributed by atoms with Crippen molar-refractivity contribution < 1.29 is 0 Å². The van der Waals surface area contributed by atoms with Crippen molar-refractivity contribution in [1.82, 2.24) is 4.98 Å². The molecule has 2 aromatic rings. The minimum absolute atomic E-state index is 0.484. The van der Waals surface area contributed by atoms with Crippen LogP contribution in [-0.2, 0) is 0 Å². The number of aryl methyl sites for hydroxylation is 1. The van der Waals surface area contributed by atoms with Crippen LogP contribution in [0.15, 0.2) is 29.6 Å². The van der Waals surface area contributed by atoms with Gasteiger partial charge in [-0.2, -0.15) is 0 Å². The highest BCUT2D eigenvalue weighted by Crippen LogP contribution is 2.25. The molecule has 2 atom stereocenters. The first kappa shape index (κ1) is 14.1. The Labute approximate surface area is 119 Å². The summed E-state index contributed by atoms with van der Waals surface area (Å²) in [5.74, 6) is 0.671. The molecule has 0 aliphatic rings. The van der Waals surface area contributed by atoms with E-state index >= 15 is 0 Å². The molecular formula is C16H22N2S. The van der Waals surface area contributed by atoms with Gasteiger partial charge in [0.15, 0.2) is 0 Å². The first-order valence-electron chi connectivity index (χ1n) is 6.89. The minimum Gasteiger partial charge on any atom is -0.382 e. The summed E-state index contributed by atoms with van der Waals surface area (Å²) < 4.78 is 0. The van der Waals surface area contributed by atoms with Gasteiger partial charge in [-0.15, -0.1) is 11.3 Å². The van der Waals surface area contributed by atoms with E-state index in [1.807, 2.05) is 6.92 Å². The number of rotatable bonds is 5. The van der Waals surface area contributed by atoms with Gasteiger partial charge in [0.25, 0.3) is 0 Å². The molecule has 0 radical (unpaired) electrons. The van der Waals surface area contributed by atoms with E-state index in [0.29, 0.717) is 12.0 Å². The van der Waals surface area contributed by atoms with E-state index in [1.165, 1.54) is 17.7 Å². The molecule has 0 aliphatic heterocycles. The van der Waals surface area contributed by atoms with Gasteiger partial charge in [0, 0.05) is 22.7 Å². The zero-order valence-electron chi connectivity index (χ0n) is 12.1. The Balaban J connectivity index is 2.15. The van der Waals surface area contributed by atoms with Gasteiger partial charge in [-0.25, -0.2) is 4.98 Å². The fourth-order valence-electron chi connectivity index (χ4n) is 2.02. The summed E-state index contributed by atoms with van der Waals surface area (Å²) in [4.78, 5) is 4.54. The molecule has 1 aromatic heterocycles. The second kappa shape index (κ2) is 6.20. The number of aromatic nitrogens is 1. The average Bonchev–Trinajstić information content (AvgIpc) is 2.84. The number of nitrogens with one attached hydrogen (secondary N) is 1. The molecule has 1 aromatic carbocycles. The van der Waals surface area contributed by atoms with Crippen LogP contribution in [0.25, 0.3) is 11.3 Å². The molecule has 0 aliphatic carbocycles. The minimum atomic E-state index is 0.484. The number of anilines is 1. The third kappa shape index (κ3) is 3.57. The first-order chi connectivity index (χ1) is 9.10. The lowest BCUT2D eigenvalue weighted by molar-refractivity contribution is 0.495. The van der Waals surface area contributed by atoms with Gasteiger partial charge in [0.1, 0.15) is 0 Å². The first-order valence-corrected chi connectivity index (χ1v) is 7.77. The summed E-state index contributed by atoms with van der Waals surface area (Å²) in [7, 11) is 0. The Hall–Kier alpha value is -1.35. The standard InChI is InChI=1S/C16H22N2S/c1-5-11(2)12(3)17-15-8-6-7-14(9-15)16-10-19-13(4)18-16/h6-12,17H,5H2,1-4H3. The smallest absolute Gasteiger partial charge is 0.0901 e. The Bertz CT molecular complexity index is 533. The highest BCUT2D eigenvalue weighted by atomic mass is 32.1. The van der Waals surface area contributed by atoms with Crippen LogP contribution in [0, 0.1) is 12.8 Å². The van der Waals surface area contributed by atoms with Crippen molar-refractivity contribution in [2.45, 2.75) is 40.2 Å². The molecule has 0 saturated heterocycles. The van der Waals surface area contributed by atoms with E-state index in [4.69, 9.17) is 0 Å². The number of benzene rings is 1. The van der Waals surface area contributed by atoms with E-state index in [-0.39, 0.29) is 0 Å². The number of thiazole rings is 1. The van der Waals surface area contributed by atoms with Crippen molar-refractivity contribution in [2.75, 3.05) is 5.32 Å². The molecule has 2 rings (SSSR count). The van der Waals surface area contributed by atoms with Gasteiger partial charge in [-0.05, 0) is 31.9 Å². The number of nitrogens with zero attached hydrogens (tertiary/aromatic N) is 1. The fourth-order valence-corrected chi connectivity index (χ4v) is 2.65. The summed E-state index contributed by atoms with van der Waals surface area (Å²) in [6.45, 7) is 8.80. The van der Waals surface area contributed by atoms with Crippen molar-refractivity contribution >= 4 is 17.0 Å². The summed E-state index contributed by atoms with van der Waals surface area (Å²) >= 11 is 1.70. The van der Waals surface area contributed by atoms with Crippen molar-refractivity contribution in [3.8, 4) is 11.3 Å². The van der Waals surface area contributed by atoms with Crippen molar-refractivity contribution in [2.24, 2.45) is 5.92 Å². The molecule has 2 unspecified atom stereocenters. The second-order valence-electron chi connectivity index (χ2n) is 5.15. The maximum Gasteiger partial charge on any atom is 0.0901 e. The van der Waals surface area contributed by atoms with Crippen LogP contribution < -0.4 is 5.32 Å². The number of hydrogen-bond acceptors (Lipinski definition) is 3. The highest BCUT2D eigenvalue weighted by Gasteiger charge is 2.10. The van der Waals surface area contributed by atoms with E-state index in [2.05, 4.69) is 60.7 Å². The molecule has 19 heavy (non-hydrogen) atoms. The molecular weight excluding hydrogens is 252 g/mol. The summed E-state index contributed by atoms with van der Waals surface area (Å²) in [5.41, 5.74) is 3.43. The summed E-state index contributed by atoms with van der Waals surface area (Å²) in [6, 6.07) is 9.01. The topological polar surface area (TPSA) is 24.9 Å². The lowest BCUT2D eigenvalue weighted by atomic mass is 10.0. The Morgan fingerprint density at radius 3 is 2.74 bits per heavy atom.